The summed E-state index contributed by atoms with van der Waals surface area (Å²) < 4.78 is 23.0. The minimum Gasteiger partial charge on any atom is -0.619 e. The fourth-order valence-electron chi connectivity index (χ4n) is 4.98. The van der Waals surface area contributed by atoms with Gasteiger partial charge in [0.15, 0.2) is 23.9 Å². The van der Waals surface area contributed by atoms with E-state index in [1.54, 1.807) is 24.3 Å². The van der Waals surface area contributed by atoms with Crippen LogP contribution in [0.2, 0.25) is 10.0 Å². The van der Waals surface area contributed by atoms with E-state index >= 15 is 0 Å². The lowest BCUT2D eigenvalue weighted by molar-refractivity contribution is -0.605. The van der Waals surface area contributed by atoms with Crippen molar-refractivity contribution in [1.82, 2.24) is 10.2 Å². The molecule has 0 aliphatic carbocycles. The zero-order chi connectivity index (χ0) is 34.8. The molecule has 10 nitrogen and oxygen atoms in total. The smallest absolute Gasteiger partial charge is 0.348 e. The Morgan fingerprint density at radius 2 is 1.69 bits per heavy atom. The Bertz CT molecular complexity index is 1680. The lowest BCUT2D eigenvalue weighted by Gasteiger charge is -2.28. The number of carbonyl (C=O) groups is 2. The molecule has 13 heteroatoms. The van der Waals surface area contributed by atoms with E-state index in [2.05, 4.69) is 5.32 Å². The maximum atomic E-state index is 13.5. The molecule has 2 aromatic carbocycles. The van der Waals surface area contributed by atoms with Crippen LogP contribution in [0.5, 0.6) is 11.5 Å². The van der Waals surface area contributed by atoms with Crippen LogP contribution in [0.3, 0.4) is 0 Å². The van der Waals surface area contributed by atoms with Gasteiger partial charge in [-0.25, -0.2) is 4.79 Å². The molecule has 0 saturated heterocycles. The Balaban J connectivity index is 1.49. The average molecular weight is 717 g/mol. The molecule has 2 aromatic heterocycles. The number of nitrogens with zero attached hydrogens (tertiary/aromatic N) is 2. The number of ether oxygens (including phenoxy) is 4. The maximum Gasteiger partial charge on any atom is 0.348 e. The first kappa shape index (κ1) is 37.0. The van der Waals surface area contributed by atoms with Gasteiger partial charge in [0.05, 0.1) is 14.2 Å². The average Bonchev–Trinajstić information content (AvgIpc) is 3.54. The molecule has 48 heavy (non-hydrogen) atoms. The summed E-state index contributed by atoms with van der Waals surface area (Å²) in [7, 11) is 6.88. The maximum absolute atomic E-state index is 13.5. The molecular formula is C35H39Cl2N3O7S. The number of thiophene rings is 1. The third-order valence-electron chi connectivity index (χ3n) is 7.75. The van der Waals surface area contributed by atoms with E-state index in [0.717, 1.165) is 10.4 Å². The van der Waals surface area contributed by atoms with Gasteiger partial charge in [0, 0.05) is 36.5 Å². The van der Waals surface area contributed by atoms with Gasteiger partial charge in [-0.05, 0) is 56.4 Å². The summed E-state index contributed by atoms with van der Waals surface area (Å²) in [6.07, 6.45) is 1.66. The van der Waals surface area contributed by atoms with E-state index in [1.807, 2.05) is 62.3 Å². The topological polar surface area (TPSA) is 113 Å². The molecular weight excluding hydrogens is 677 g/mol. The number of benzene rings is 2. The molecule has 1 N–H and O–H groups in total. The molecule has 0 aliphatic rings. The summed E-state index contributed by atoms with van der Waals surface area (Å²) in [5.74, 6) is 0.0949. The van der Waals surface area contributed by atoms with Crippen molar-refractivity contribution in [3.8, 4) is 11.5 Å². The van der Waals surface area contributed by atoms with Crippen LogP contribution in [0.4, 0.5) is 0 Å². The van der Waals surface area contributed by atoms with Crippen LogP contribution in [0, 0.1) is 5.21 Å². The number of hydrogen-bond donors (Lipinski definition) is 1. The van der Waals surface area contributed by atoms with Crippen LogP contribution in [0.25, 0.3) is 0 Å². The number of likely N-dealkylation sites (N-methyl/N-ethyl adjacent to an activating group) is 1. The van der Waals surface area contributed by atoms with E-state index in [1.165, 1.54) is 38.0 Å². The number of nitrogens with one attached hydrogen (secondary N) is 1. The molecule has 4 aromatic rings. The van der Waals surface area contributed by atoms with Gasteiger partial charge >= 0.3 is 11.9 Å². The summed E-state index contributed by atoms with van der Waals surface area (Å²) in [4.78, 5) is 30.0. The van der Waals surface area contributed by atoms with Crippen molar-refractivity contribution in [2.24, 2.45) is 0 Å². The zero-order valence-corrected chi connectivity index (χ0v) is 29.8. The predicted octanol–water partition coefficient (Wildman–Crippen LogP) is 6.00. The molecule has 4 rings (SSSR count). The monoisotopic (exact) mass is 715 g/mol. The fraction of sp³-hybridized carbons (Fsp3) is 0.343. The van der Waals surface area contributed by atoms with E-state index in [-0.39, 0.29) is 29.0 Å². The summed E-state index contributed by atoms with van der Waals surface area (Å²) in [5.41, 5.74) is 0.983. The second kappa shape index (κ2) is 17.0. The number of rotatable bonds is 16. The fourth-order valence-corrected chi connectivity index (χ4v) is 6.43. The SMILES string of the molecule is COc1ccc(C(Cc2c(Cl)c[n+]([O-])cc2Cl)OC(=O)c2ccc(CNCC(C)(C(=O)OCCN(C)C)c3ccccc3)s2)cc1OC. The number of esters is 2. The predicted molar refractivity (Wildman–Crippen MR) is 186 cm³/mol. The third kappa shape index (κ3) is 9.39. The molecule has 2 atom stereocenters. The van der Waals surface area contributed by atoms with Crippen LogP contribution >= 0.6 is 34.5 Å². The molecule has 2 unspecified atom stereocenters. The van der Waals surface area contributed by atoms with Gasteiger partial charge in [0.25, 0.3) is 0 Å². The van der Waals surface area contributed by atoms with Crippen molar-refractivity contribution in [3.05, 3.63) is 115 Å². The number of aromatic nitrogens is 1. The minimum absolute atomic E-state index is 0.0994. The molecule has 256 valence electrons. The largest absolute Gasteiger partial charge is 0.619 e. The van der Waals surface area contributed by atoms with Gasteiger partial charge in [-0.3, -0.25) is 4.79 Å². The molecule has 0 fully saturated rings. The third-order valence-corrected chi connectivity index (χ3v) is 9.47. The zero-order valence-electron chi connectivity index (χ0n) is 27.5. The number of pyridine rings is 1. The molecule has 2 heterocycles. The highest BCUT2D eigenvalue weighted by Gasteiger charge is 2.36. The van der Waals surface area contributed by atoms with Crippen molar-refractivity contribution in [3.63, 3.8) is 0 Å². The van der Waals surface area contributed by atoms with Crippen molar-refractivity contribution >= 4 is 46.5 Å². The second-order valence-corrected chi connectivity index (χ2v) is 13.5. The molecule has 0 radical (unpaired) electrons. The van der Waals surface area contributed by atoms with Crippen LogP contribution in [-0.4, -0.2) is 64.8 Å². The van der Waals surface area contributed by atoms with Gasteiger partial charge in [-0.1, -0.05) is 59.6 Å². The first-order valence-electron chi connectivity index (χ1n) is 15.1. The summed E-state index contributed by atoms with van der Waals surface area (Å²) in [6, 6.07) is 18.3. The van der Waals surface area contributed by atoms with Crippen molar-refractivity contribution in [2.75, 3.05) is 48.0 Å². The van der Waals surface area contributed by atoms with Crippen molar-refractivity contribution < 1.29 is 33.3 Å². The molecule has 0 spiro atoms. The van der Waals surface area contributed by atoms with E-state index in [9.17, 15) is 14.8 Å². The standard InChI is InChI=1S/C35H39Cl2N3O7S/c1-35(24-9-7-6-8-10-24,34(42)46-16-15-39(2)3)22-38-19-25-12-14-32(48-25)33(41)47-30(18-26-27(36)20-40(43)21-28(26)37)23-11-13-29(44-4)31(17-23)45-5/h6-14,17,20-21,30,38H,15-16,18-19,22H2,1-5H3. The van der Waals surface area contributed by atoms with Gasteiger partial charge in [0.1, 0.15) is 33.0 Å². The number of halogens is 2. The van der Waals surface area contributed by atoms with Gasteiger partial charge in [-0.15, -0.1) is 11.3 Å². The molecule has 0 bridgehead atoms. The van der Waals surface area contributed by atoms with E-state index in [4.69, 9.17) is 42.1 Å². The van der Waals surface area contributed by atoms with E-state index in [0.29, 0.717) is 51.9 Å². The Kier molecular flexibility index (Phi) is 13.1. The van der Waals surface area contributed by atoms with Gasteiger partial charge < -0.3 is 34.4 Å². The highest BCUT2D eigenvalue weighted by Crippen LogP contribution is 2.36. The Hall–Kier alpha value is -3.87. The highest BCUT2D eigenvalue weighted by atomic mass is 35.5. The first-order chi connectivity index (χ1) is 22.9. The van der Waals surface area contributed by atoms with Crippen LogP contribution in [-0.2, 0) is 32.6 Å². The van der Waals surface area contributed by atoms with Crippen molar-refractivity contribution in [2.45, 2.75) is 31.4 Å². The summed E-state index contributed by atoms with van der Waals surface area (Å²) in [5, 5.41) is 15.5. The Morgan fingerprint density at radius 1 is 1.00 bits per heavy atom. The number of carbonyl (C=O) groups excluding carboxylic acids is 2. The molecule has 0 amide bonds. The van der Waals surface area contributed by atoms with Crippen molar-refractivity contribution in [1.29, 1.82) is 0 Å². The Morgan fingerprint density at radius 3 is 2.33 bits per heavy atom. The number of hydrogen-bond acceptors (Lipinski definition) is 10. The van der Waals surface area contributed by atoms with Crippen LogP contribution in [0.15, 0.2) is 73.1 Å². The highest BCUT2D eigenvalue weighted by molar-refractivity contribution is 7.13. The summed E-state index contributed by atoms with van der Waals surface area (Å²) in [6.45, 7) is 3.50. The first-order valence-corrected chi connectivity index (χ1v) is 16.7. The Labute approximate surface area is 294 Å². The number of methoxy groups -OCH3 is 2. The van der Waals surface area contributed by atoms with Gasteiger partial charge in [-0.2, -0.15) is 4.73 Å². The van der Waals surface area contributed by atoms with E-state index < -0.39 is 17.5 Å². The quantitative estimate of drug-likeness (QED) is 0.0848. The van der Waals surface area contributed by atoms with Crippen LogP contribution in [0.1, 0.15) is 44.3 Å². The molecule has 0 aliphatic heterocycles. The molecule has 0 saturated carbocycles. The summed E-state index contributed by atoms with van der Waals surface area (Å²) >= 11 is 14.0. The second-order valence-electron chi connectivity index (χ2n) is 11.5. The lowest BCUT2D eigenvalue weighted by Crippen LogP contribution is -2.44. The van der Waals surface area contributed by atoms with Gasteiger partial charge in [0.2, 0.25) is 0 Å². The minimum atomic E-state index is -0.926. The lowest BCUT2D eigenvalue weighted by atomic mass is 9.82. The normalized spacial score (nSPS) is 13.1. The van der Waals surface area contributed by atoms with Crippen LogP contribution < -0.4 is 19.5 Å².